The summed E-state index contributed by atoms with van der Waals surface area (Å²) in [4.78, 5) is 32.0. The molecule has 3 rings (SSSR count). The molecule has 0 fully saturated rings. The van der Waals surface area contributed by atoms with Crippen molar-refractivity contribution in [3.05, 3.63) is 71.3 Å². The molecule has 6 heteroatoms. The second-order valence-corrected chi connectivity index (χ2v) is 10.0. The molecule has 0 saturated carbocycles. The molecular formula is C29H40N4O2. The van der Waals surface area contributed by atoms with Gasteiger partial charge in [-0.25, -0.2) is 4.99 Å². The Labute approximate surface area is 210 Å². The minimum atomic E-state index is -0.809. The summed E-state index contributed by atoms with van der Waals surface area (Å²) in [7, 11) is 0. The maximum atomic E-state index is 13.6. The minimum Gasteiger partial charge on any atom is -0.369 e. The van der Waals surface area contributed by atoms with E-state index in [9.17, 15) is 9.59 Å². The van der Waals surface area contributed by atoms with Crippen molar-refractivity contribution in [1.29, 1.82) is 0 Å². The summed E-state index contributed by atoms with van der Waals surface area (Å²) < 4.78 is 0. The molecule has 1 aliphatic heterocycles. The van der Waals surface area contributed by atoms with Gasteiger partial charge in [0.15, 0.2) is 5.96 Å². The number of nitrogens with one attached hydrogen (secondary N) is 1. The van der Waals surface area contributed by atoms with E-state index in [4.69, 9.17) is 10.7 Å². The Hall–Kier alpha value is -3.15. The summed E-state index contributed by atoms with van der Waals surface area (Å²) in [5, 5.41) is 2.98. The van der Waals surface area contributed by atoms with Gasteiger partial charge in [-0.3, -0.25) is 14.5 Å². The van der Waals surface area contributed by atoms with Crippen LogP contribution in [0, 0.1) is 5.92 Å². The van der Waals surface area contributed by atoms with Crippen LogP contribution in [0.5, 0.6) is 0 Å². The molecule has 3 N–H and O–H groups in total. The number of unbranched alkanes of at least 4 members (excludes halogenated alkanes) is 2. The predicted molar refractivity (Wildman–Crippen MR) is 142 cm³/mol. The van der Waals surface area contributed by atoms with Crippen molar-refractivity contribution in [3.63, 3.8) is 0 Å². The van der Waals surface area contributed by atoms with Crippen molar-refractivity contribution >= 4 is 17.8 Å². The van der Waals surface area contributed by atoms with Gasteiger partial charge in [-0.1, -0.05) is 88.2 Å². The first-order valence-corrected chi connectivity index (χ1v) is 12.9. The Morgan fingerprint density at radius 1 is 1.03 bits per heavy atom. The van der Waals surface area contributed by atoms with Crippen LogP contribution in [0.2, 0.25) is 0 Å². The Morgan fingerprint density at radius 3 is 2.37 bits per heavy atom. The first kappa shape index (κ1) is 26.5. The third-order valence-corrected chi connectivity index (χ3v) is 6.53. The zero-order valence-electron chi connectivity index (χ0n) is 21.4. The number of rotatable bonds is 13. The van der Waals surface area contributed by atoms with Crippen LogP contribution < -0.4 is 11.1 Å². The summed E-state index contributed by atoms with van der Waals surface area (Å²) in [6, 6.07) is 18.2. The maximum absolute atomic E-state index is 13.6. The fourth-order valence-corrected chi connectivity index (χ4v) is 4.67. The molecule has 1 unspecified atom stereocenters. The fourth-order valence-electron chi connectivity index (χ4n) is 4.67. The monoisotopic (exact) mass is 476 g/mol. The molecule has 1 aliphatic rings. The van der Waals surface area contributed by atoms with Gasteiger partial charge in [0.05, 0.1) is 6.54 Å². The summed E-state index contributed by atoms with van der Waals surface area (Å²) in [5.74, 6) is 0.698. The van der Waals surface area contributed by atoms with Crippen LogP contribution in [0.25, 0.3) is 0 Å². The maximum Gasteiger partial charge on any atom is 0.257 e. The standard InChI is InChI=1S/C29H40N4O2/c1-4-5-7-12-26(34)31-20-24-13-15-25(16-14-24)21-33-27(35)29(19-22(2)3,32-28(33)30)18-17-23-10-8-6-9-11-23/h6,8-11,13-16,22H,4-5,7,12,17-21H2,1-3H3,(H2,30,32)(H,31,34). The quantitative estimate of drug-likeness (QED) is 0.401. The first-order valence-electron chi connectivity index (χ1n) is 12.9. The van der Waals surface area contributed by atoms with Gasteiger partial charge in [-0.15, -0.1) is 0 Å². The number of benzene rings is 2. The predicted octanol–water partition coefficient (Wildman–Crippen LogP) is 4.96. The van der Waals surface area contributed by atoms with Gasteiger partial charge in [0.1, 0.15) is 5.54 Å². The second-order valence-electron chi connectivity index (χ2n) is 10.0. The normalized spacial score (nSPS) is 17.7. The Kier molecular flexibility index (Phi) is 9.47. The number of hydrogen-bond acceptors (Lipinski definition) is 4. The van der Waals surface area contributed by atoms with Gasteiger partial charge in [0.25, 0.3) is 5.91 Å². The molecule has 6 nitrogen and oxygen atoms in total. The fraction of sp³-hybridized carbons (Fsp3) is 0.483. The third-order valence-electron chi connectivity index (χ3n) is 6.53. The molecule has 0 aromatic heterocycles. The highest BCUT2D eigenvalue weighted by Crippen LogP contribution is 2.34. The average molecular weight is 477 g/mol. The lowest BCUT2D eigenvalue weighted by atomic mass is 9.83. The molecule has 0 spiro atoms. The Morgan fingerprint density at radius 2 is 1.71 bits per heavy atom. The number of guanidine groups is 1. The van der Waals surface area contributed by atoms with E-state index < -0.39 is 5.54 Å². The number of carbonyl (C=O) groups excluding carboxylic acids is 2. The van der Waals surface area contributed by atoms with Gasteiger partial charge in [-0.05, 0) is 48.3 Å². The van der Waals surface area contributed by atoms with Crippen molar-refractivity contribution in [2.24, 2.45) is 16.6 Å². The van der Waals surface area contributed by atoms with E-state index in [1.807, 2.05) is 42.5 Å². The van der Waals surface area contributed by atoms with Crippen molar-refractivity contribution < 1.29 is 9.59 Å². The van der Waals surface area contributed by atoms with E-state index in [-0.39, 0.29) is 11.8 Å². The third kappa shape index (κ3) is 7.41. The number of aliphatic imine (C=N–C) groups is 1. The van der Waals surface area contributed by atoms with E-state index in [1.54, 1.807) is 4.90 Å². The number of amides is 2. The SMILES string of the molecule is CCCCCC(=O)NCc1ccc(CN2C(=O)C(CCc3ccccc3)(CC(C)C)N=C2N)cc1. The molecular weight excluding hydrogens is 436 g/mol. The average Bonchev–Trinajstić information content (AvgIpc) is 3.07. The number of carbonyl (C=O) groups is 2. The molecule has 0 bridgehead atoms. The van der Waals surface area contributed by atoms with Gasteiger partial charge >= 0.3 is 0 Å². The smallest absolute Gasteiger partial charge is 0.257 e. The summed E-state index contributed by atoms with van der Waals surface area (Å²) >= 11 is 0. The number of nitrogens with zero attached hydrogens (tertiary/aromatic N) is 2. The molecule has 0 aliphatic carbocycles. The Bertz CT molecular complexity index is 1000. The molecule has 2 aromatic carbocycles. The Balaban J connectivity index is 1.62. The molecule has 1 atom stereocenters. The number of aryl methyl sites for hydroxylation is 1. The molecule has 1 heterocycles. The molecule has 0 saturated heterocycles. The highest BCUT2D eigenvalue weighted by Gasteiger charge is 2.47. The van der Waals surface area contributed by atoms with E-state index >= 15 is 0 Å². The lowest BCUT2D eigenvalue weighted by Gasteiger charge is -2.28. The minimum absolute atomic E-state index is 0.0111. The van der Waals surface area contributed by atoms with E-state index in [0.29, 0.717) is 44.2 Å². The molecule has 35 heavy (non-hydrogen) atoms. The van der Waals surface area contributed by atoms with Crippen LogP contribution >= 0.6 is 0 Å². The molecule has 2 amide bonds. The highest BCUT2D eigenvalue weighted by atomic mass is 16.2. The van der Waals surface area contributed by atoms with Crippen molar-refractivity contribution in [2.45, 2.75) is 84.3 Å². The first-order chi connectivity index (χ1) is 16.8. The van der Waals surface area contributed by atoms with Crippen LogP contribution in [0.1, 0.15) is 76.0 Å². The zero-order chi connectivity index (χ0) is 25.3. The summed E-state index contributed by atoms with van der Waals surface area (Å²) in [6.45, 7) is 7.27. The zero-order valence-corrected chi connectivity index (χ0v) is 21.4. The van der Waals surface area contributed by atoms with E-state index in [2.05, 4.69) is 38.2 Å². The second kappa shape index (κ2) is 12.5. The molecule has 0 radical (unpaired) electrons. The van der Waals surface area contributed by atoms with Crippen LogP contribution in [0.15, 0.2) is 59.6 Å². The largest absolute Gasteiger partial charge is 0.369 e. The van der Waals surface area contributed by atoms with Crippen LogP contribution in [0.3, 0.4) is 0 Å². The number of nitrogens with two attached hydrogens (primary N) is 1. The summed E-state index contributed by atoms with van der Waals surface area (Å²) in [5.41, 5.74) is 8.71. The van der Waals surface area contributed by atoms with Gasteiger partial charge < -0.3 is 11.1 Å². The van der Waals surface area contributed by atoms with Gasteiger partial charge in [0.2, 0.25) is 5.91 Å². The van der Waals surface area contributed by atoms with Crippen molar-refractivity contribution in [2.75, 3.05) is 0 Å². The van der Waals surface area contributed by atoms with Gasteiger partial charge in [-0.2, -0.15) is 0 Å². The van der Waals surface area contributed by atoms with Crippen LogP contribution in [-0.2, 0) is 29.1 Å². The number of hydrogen-bond donors (Lipinski definition) is 2. The van der Waals surface area contributed by atoms with E-state index in [0.717, 1.165) is 36.8 Å². The summed E-state index contributed by atoms with van der Waals surface area (Å²) in [6.07, 6.45) is 5.78. The molecule has 2 aromatic rings. The van der Waals surface area contributed by atoms with Crippen molar-refractivity contribution in [3.8, 4) is 0 Å². The lowest BCUT2D eigenvalue weighted by molar-refractivity contribution is -0.132. The highest BCUT2D eigenvalue weighted by molar-refractivity contribution is 6.06. The van der Waals surface area contributed by atoms with Crippen LogP contribution in [0.4, 0.5) is 0 Å². The van der Waals surface area contributed by atoms with Crippen LogP contribution in [-0.4, -0.2) is 28.2 Å². The topological polar surface area (TPSA) is 87.8 Å². The van der Waals surface area contributed by atoms with Gasteiger partial charge in [0, 0.05) is 13.0 Å². The van der Waals surface area contributed by atoms with Crippen molar-refractivity contribution in [1.82, 2.24) is 10.2 Å². The van der Waals surface area contributed by atoms with E-state index in [1.165, 1.54) is 5.56 Å². The lowest BCUT2D eigenvalue weighted by Crippen LogP contribution is -2.44. The molecule has 188 valence electrons.